The standard InChI is InChI=1S/C15H9BrN2O4/c16-9-2-4-10(5-3-9)18-13(19)11-6-1-8(14(20)21)7-12(11)17-15(18)22/h1-7H,(H,17,22)(H,20,21). The summed E-state index contributed by atoms with van der Waals surface area (Å²) in [4.78, 5) is 38.2. The summed E-state index contributed by atoms with van der Waals surface area (Å²) in [7, 11) is 0. The summed E-state index contributed by atoms with van der Waals surface area (Å²) in [6, 6.07) is 10.7. The highest BCUT2D eigenvalue weighted by atomic mass is 79.9. The van der Waals surface area contributed by atoms with Crippen molar-refractivity contribution in [2.45, 2.75) is 0 Å². The highest BCUT2D eigenvalue weighted by Gasteiger charge is 2.11. The van der Waals surface area contributed by atoms with Crippen LogP contribution in [0.15, 0.2) is 56.5 Å². The zero-order chi connectivity index (χ0) is 15.9. The Morgan fingerprint density at radius 2 is 1.77 bits per heavy atom. The van der Waals surface area contributed by atoms with Gasteiger partial charge in [0, 0.05) is 4.47 Å². The third-order valence-electron chi connectivity index (χ3n) is 3.23. The van der Waals surface area contributed by atoms with E-state index in [1.165, 1.54) is 18.2 Å². The molecule has 3 rings (SSSR count). The lowest BCUT2D eigenvalue weighted by Crippen LogP contribution is -2.33. The minimum atomic E-state index is -1.13. The van der Waals surface area contributed by atoms with Crippen LogP contribution in [-0.2, 0) is 0 Å². The highest BCUT2D eigenvalue weighted by Crippen LogP contribution is 2.13. The predicted octanol–water partition coefficient (Wildman–Crippen LogP) is 2.14. The predicted molar refractivity (Wildman–Crippen MR) is 84.8 cm³/mol. The van der Waals surface area contributed by atoms with Crippen molar-refractivity contribution in [1.29, 1.82) is 0 Å². The number of carboxylic acids is 1. The Hall–Kier alpha value is -2.67. The normalized spacial score (nSPS) is 10.8. The van der Waals surface area contributed by atoms with Crippen LogP contribution < -0.4 is 11.2 Å². The van der Waals surface area contributed by atoms with Gasteiger partial charge in [-0.15, -0.1) is 0 Å². The van der Waals surface area contributed by atoms with Crippen molar-refractivity contribution < 1.29 is 9.90 Å². The van der Waals surface area contributed by atoms with Crippen LogP contribution >= 0.6 is 15.9 Å². The molecule has 0 bridgehead atoms. The number of aromatic carboxylic acids is 1. The molecule has 2 aromatic carbocycles. The maximum absolute atomic E-state index is 12.5. The number of halogens is 1. The van der Waals surface area contributed by atoms with E-state index in [0.29, 0.717) is 5.69 Å². The first kappa shape index (κ1) is 14.3. The minimum Gasteiger partial charge on any atom is -0.478 e. The van der Waals surface area contributed by atoms with E-state index in [1.54, 1.807) is 24.3 Å². The van der Waals surface area contributed by atoms with Gasteiger partial charge in [-0.2, -0.15) is 0 Å². The summed E-state index contributed by atoms with van der Waals surface area (Å²) in [5.41, 5.74) is -0.494. The lowest BCUT2D eigenvalue weighted by Gasteiger charge is -2.07. The number of carbonyl (C=O) groups is 1. The van der Waals surface area contributed by atoms with Crippen LogP contribution in [0.1, 0.15) is 10.4 Å². The van der Waals surface area contributed by atoms with Gasteiger partial charge in [0.1, 0.15) is 0 Å². The Morgan fingerprint density at radius 3 is 2.41 bits per heavy atom. The molecule has 0 amide bonds. The minimum absolute atomic E-state index is 0.00365. The summed E-state index contributed by atoms with van der Waals surface area (Å²) in [6.45, 7) is 0. The van der Waals surface area contributed by atoms with E-state index in [1.807, 2.05) is 0 Å². The number of nitrogens with zero attached hydrogens (tertiary/aromatic N) is 1. The quantitative estimate of drug-likeness (QED) is 0.732. The first-order valence-electron chi connectivity index (χ1n) is 6.26. The highest BCUT2D eigenvalue weighted by molar-refractivity contribution is 9.10. The molecule has 0 saturated carbocycles. The van der Waals surface area contributed by atoms with E-state index >= 15 is 0 Å². The molecule has 0 aliphatic rings. The third kappa shape index (κ3) is 2.35. The zero-order valence-corrected chi connectivity index (χ0v) is 12.6. The van der Waals surface area contributed by atoms with Crippen LogP contribution in [0, 0.1) is 0 Å². The van der Waals surface area contributed by atoms with E-state index < -0.39 is 17.2 Å². The molecule has 0 unspecified atom stereocenters. The summed E-state index contributed by atoms with van der Waals surface area (Å²) < 4.78 is 1.84. The van der Waals surface area contributed by atoms with Crippen molar-refractivity contribution in [2.24, 2.45) is 0 Å². The molecule has 1 aromatic heterocycles. The average molecular weight is 361 g/mol. The topological polar surface area (TPSA) is 92.2 Å². The number of hydrogen-bond acceptors (Lipinski definition) is 3. The van der Waals surface area contributed by atoms with Gasteiger partial charge in [0.05, 0.1) is 22.2 Å². The average Bonchev–Trinajstić information content (AvgIpc) is 2.48. The largest absolute Gasteiger partial charge is 0.478 e. The third-order valence-corrected chi connectivity index (χ3v) is 3.76. The Balaban J connectivity index is 2.32. The number of nitrogens with one attached hydrogen (secondary N) is 1. The van der Waals surface area contributed by atoms with Crippen molar-refractivity contribution in [3.8, 4) is 5.69 Å². The molecular weight excluding hydrogens is 352 g/mol. The zero-order valence-electron chi connectivity index (χ0n) is 11.0. The van der Waals surface area contributed by atoms with Gasteiger partial charge in [0.25, 0.3) is 5.56 Å². The Kier molecular flexibility index (Phi) is 3.42. The second-order valence-electron chi connectivity index (χ2n) is 4.61. The summed E-state index contributed by atoms with van der Waals surface area (Å²) >= 11 is 3.29. The van der Waals surface area contributed by atoms with E-state index in [4.69, 9.17) is 5.11 Å². The summed E-state index contributed by atoms with van der Waals surface area (Å²) in [5, 5.41) is 9.20. The molecule has 0 aliphatic carbocycles. The van der Waals surface area contributed by atoms with Gasteiger partial charge in [-0.25, -0.2) is 14.2 Å². The fraction of sp³-hybridized carbons (Fsp3) is 0. The van der Waals surface area contributed by atoms with Crippen LogP contribution in [-0.4, -0.2) is 20.6 Å². The summed E-state index contributed by atoms with van der Waals surface area (Å²) in [5.74, 6) is -1.13. The molecule has 2 N–H and O–H groups in total. The lowest BCUT2D eigenvalue weighted by atomic mass is 10.1. The van der Waals surface area contributed by atoms with Gasteiger partial charge >= 0.3 is 11.7 Å². The molecule has 0 saturated heterocycles. The van der Waals surface area contributed by atoms with Crippen LogP contribution in [0.4, 0.5) is 0 Å². The second kappa shape index (κ2) is 5.27. The number of hydrogen-bond donors (Lipinski definition) is 2. The summed E-state index contributed by atoms with van der Waals surface area (Å²) in [6.07, 6.45) is 0. The molecular formula is C15H9BrN2O4. The molecule has 6 nitrogen and oxygen atoms in total. The van der Waals surface area contributed by atoms with Crippen molar-refractivity contribution in [1.82, 2.24) is 9.55 Å². The fourth-order valence-corrected chi connectivity index (χ4v) is 2.44. The van der Waals surface area contributed by atoms with Crippen molar-refractivity contribution in [3.63, 3.8) is 0 Å². The molecule has 22 heavy (non-hydrogen) atoms. The van der Waals surface area contributed by atoms with E-state index in [-0.39, 0.29) is 16.5 Å². The number of benzene rings is 2. The lowest BCUT2D eigenvalue weighted by molar-refractivity contribution is 0.0697. The van der Waals surface area contributed by atoms with E-state index in [0.717, 1.165) is 9.04 Å². The fourth-order valence-electron chi connectivity index (χ4n) is 2.18. The monoisotopic (exact) mass is 360 g/mol. The molecule has 3 aromatic rings. The van der Waals surface area contributed by atoms with Gasteiger partial charge in [-0.1, -0.05) is 15.9 Å². The number of carboxylic acid groups (broad SMARTS) is 1. The Labute approximate surface area is 131 Å². The van der Waals surface area contributed by atoms with Crippen LogP contribution in [0.3, 0.4) is 0 Å². The van der Waals surface area contributed by atoms with Gasteiger partial charge < -0.3 is 10.1 Å². The number of rotatable bonds is 2. The van der Waals surface area contributed by atoms with E-state index in [9.17, 15) is 14.4 Å². The van der Waals surface area contributed by atoms with E-state index in [2.05, 4.69) is 20.9 Å². The van der Waals surface area contributed by atoms with Crippen molar-refractivity contribution in [2.75, 3.05) is 0 Å². The number of aromatic nitrogens is 2. The molecule has 0 radical (unpaired) electrons. The smallest absolute Gasteiger partial charge is 0.335 e. The Morgan fingerprint density at radius 1 is 1.09 bits per heavy atom. The van der Waals surface area contributed by atoms with Crippen LogP contribution in [0.2, 0.25) is 0 Å². The SMILES string of the molecule is O=C(O)c1ccc2c(=O)n(-c3ccc(Br)cc3)c(=O)[nH]c2c1. The number of fused-ring (bicyclic) bond motifs is 1. The van der Waals surface area contributed by atoms with Gasteiger partial charge in [-0.05, 0) is 42.5 Å². The molecule has 0 fully saturated rings. The molecule has 7 heteroatoms. The maximum Gasteiger partial charge on any atom is 0.335 e. The van der Waals surface area contributed by atoms with Gasteiger partial charge in [-0.3, -0.25) is 4.79 Å². The second-order valence-corrected chi connectivity index (χ2v) is 5.53. The number of aromatic amines is 1. The maximum atomic E-state index is 12.5. The first-order valence-corrected chi connectivity index (χ1v) is 7.05. The molecule has 110 valence electrons. The van der Waals surface area contributed by atoms with Crippen molar-refractivity contribution >= 4 is 32.8 Å². The first-order chi connectivity index (χ1) is 10.5. The number of H-pyrrole nitrogens is 1. The molecule has 0 spiro atoms. The van der Waals surface area contributed by atoms with Crippen LogP contribution in [0.25, 0.3) is 16.6 Å². The molecule has 0 aliphatic heterocycles. The van der Waals surface area contributed by atoms with Gasteiger partial charge in [0.2, 0.25) is 0 Å². The Bertz CT molecular complexity index is 1000. The van der Waals surface area contributed by atoms with Crippen LogP contribution in [0.5, 0.6) is 0 Å². The molecule has 1 heterocycles. The van der Waals surface area contributed by atoms with Crippen molar-refractivity contribution in [3.05, 3.63) is 73.3 Å². The molecule has 0 atom stereocenters. The van der Waals surface area contributed by atoms with Gasteiger partial charge in [0.15, 0.2) is 0 Å².